The van der Waals surface area contributed by atoms with Gasteiger partial charge in [0, 0.05) is 11.8 Å². The van der Waals surface area contributed by atoms with Crippen LogP contribution in [0.3, 0.4) is 0 Å². The predicted molar refractivity (Wildman–Crippen MR) is 64.8 cm³/mol. The van der Waals surface area contributed by atoms with Crippen molar-refractivity contribution >= 4 is 5.82 Å². The topological polar surface area (TPSA) is 59.1 Å². The van der Waals surface area contributed by atoms with E-state index >= 15 is 0 Å². The number of aliphatic hydroxyl groups excluding tert-OH is 1. The molecule has 0 aromatic carbocycles. The third-order valence-corrected chi connectivity index (χ3v) is 3.07. The van der Waals surface area contributed by atoms with Crippen LogP contribution in [0, 0.1) is 0 Å². The van der Waals surface area contributed by atoms with Crippen LogP contribution < -0.4 is 5.73 Å². The van der Waals surface area contributed by atoms with Gasteiger partial charge in [-0.15, -0.1) is 0 Å². The second-order valence-corrected chi connectivity index (χ2v) is 4.31. The molecule has 3 heteroatoms. The Bertz CT molecular complexity index is 387. The third kappa shape index (κ3) is 2.61. The van der Waals surface area contributed by atoms with Crippen LogP contribution in [0.2, 0.25) is 0 Å². The molecule has 0 radical (unpaired) electrons. The van der Waals surface area contributed by atoms with Crippen LogP contribution in [-0.4, -0.2) is 10.1 Å². The SMILES string of the molecule is Nc1ncccc1C(O)CC1=CCCCC1. The average molecular weight is 218 g/mol. The highest BCUT2D eigenvalue weighted by Crippen LogP contribution is 2.29. The van der Waals surface area contributed by atoms with E-state index in [0.29, 0.717) is 12.2 Å². The first-order valence-corrected chi connectivity index (χ1v) is 5.83. The van der Waals surface area contributed by atoms with E-state index in [0.717, 1.165) is 18.4 Å². The molecule has 2 rings (SSSR count). The van der Waals surface area contributed by atoms with Gasteiger partial charge in [0.2, 0.25) is 0 Å². The average Bonchev–Trinajstić information content (AvgIpc) is 2.31. The molecule has 1 aromatic heterocycles. The van der Waals surface area contributed by atoms with Crippen molar-refractivity contribution in [1.82, 2.24) is 4.98 Å². The predicted octanol–water partition coefficient (Wildman–Crippen LogP) is 2.59. The second-order valence-electron chi connectivity index (χ2n) is 4.31. The molecule has 3 nitrogen and oxygen atoms in total. The van der Waals surface area contributed by atoms with Crippen LogP contribution in [0.5, 0.6) is 0 Å². The minimum atomic E-state index is -0.516. The van der Waals surface area contributed by atoms with Gasteiger partial charge in [0.15, 0.2) is 0 Å². The van der Waals surface area contributed by atoms with Crippen molar-refractivity contribution in [3.05, 3.63) is 35.5 Å². The van der Waals surface area contributed by atoms with Crippen LogP contribution in [0.25, 0.3) is 0 Å². The number of anilines is 1. The Morgan fingerprint density at radius 2 is 2.31 bits per heavy atom. The standard InChI is InChI=1S/C13H18N2O/c14-13-11(7-4-8-15-13)12(16)9-10-5-2-1-3-6-10/h4-5,7-8,12,16H,1-3,6,9H2,(H2,14,15). The van der Waals surface area contributed by atoms with Crippen molar-refractivity contribution in [2.24, 2.45) is 0 Å². The van der Waals surface area contributed by atoms with Crippen molar-refractivity contribution in [1.29, 1.82) is 0 Å². The summed E-state index contributed by atoms with van der Waals surface area (Å²) < 4.78 is 0. The number of nitrogen functional groups attached to an aromatic ring is 1. The van der Waals surface area contributed by atoms with Crippen LogP contribution >= 0.6 is 0 Å². The van der Waals surface area contributed by atoms with Crippen LogP contribution in [0.1, 0.15) is 43.8 Å². The summed E-state index contributed by atoms with van der Waals surface area (Å²) in [4.78, 5) is 3.99. The molecule has 0 saturated carbocycles. The van der Waals surface area contributed by atoms with Crippen LogP contribution in [-0.2, 0) is 0 Å². The zero-order chi connectivity index (χ0) is 11.4. The Balaban J connectivity index is 2.05. The van der Waals surface area contributed by atoms with E-state index in [2.05, 4.69) is 11.1 Å². The second kappa shape index (κ2) is 5.12. The zero-order valence-electron chi connectivity index (χ0n) is 9.39. The Morgan fingerprint density at radius 1 is 1.44 bits per heavy atom. The van der Waals surface area contributed by atoms with Crippen molar-refractivity contribution in [3.8, 4) is 0 Å². The van der Waals surface area contributed by atoms with Gasteiger partial charge in [-0.25, -0.2) is 4.98 Å². The molecule has 1 heterocycles. The number of hydrogen-bond donors (Lipinski definition) is 2. The molecule has 0 spiro atoms. The molecular formula is C13H18N2O. The Labute approximate surface area is 96.0 Å². The van der Waals surface area contributed by atoms with E-state index in [1.165, 1.54) is 18.4 Å². The summed E-state index contributed by atoms with van der Waals surface area (Å²) in [7, 11) is 0. The Kier molecular flexibility index (Phi) is 3.57. The number of nitrogens with zero attached hydrogens (tertiary/aromatic N) is 1. The van der Waals surface area contributed by atoms with Crippen LogP contribution in [0.15, 0.2) is 30.0 Å². The number of nitrogens with two attached hydrogens (primary N) is 1. The molecule has 0 fully saturated rings. The molecule has 0 bridgehead atoms. The van der Waals surface area contributed by atoms with Gasteiger partial charge in [-0.1, -0.05) is 17.7 Å². The van der Waals surface area contributed by atoms with E-state index < -0.39 is 6.10 Å². The molecular weight excluding hydrogens is 200 g/mol. The number of rotatable bonds is 3. The summed E-state index contributed by atoms with van der Waals surface area (Å²) in [5, 5.41) is 10.1. The van der Waals surface area contributed by atoms with Gasteiger partial charge >= 0.3 is 0 Å². The number of aromatic nitrogens is 1. The molecule has 3 N–H and O–H groups in total. The van der Waals surface area contributed by atoms with Crippen LogP contribution in [0.4, 0.5) is 5.82 Å². The van der Waals surface area contributed by atoms with Gasteiger partial charge in [-0.2, -0.15) is 0 Å². The highest BCUT2D eigenvalue weighted by molar-refractivity contribution is 5.40. The largest absolute Gasteiger partial charge is 0.388 e. The van der Waals surface area contributed by atoms with Gasteiger partial charge in [0.25, 0.3) is 0 Å². The van der Waals surface area contributed by atoms with E-state index in [1.807, 2.05) is 12.1 Å². The first-order valence-electron chi connectivity index (χ1n) is 5.83. The Morgan fingerprint density at radius 3 is 3.00 bits per heavy atom. The zero-order valence-corrected chi connectivity index (χ0v) is 9.39. The van der Waals surface area contributed by atoms with Gasteiger partial charge in [-0.3, -0.25) is 0 Å². The molecule has 0 aliphatic heterocycles. The summed E-state index contributed by atoms with van der Waals surface area (Å²) in [5.41, 5.74) is 7.83. The lowest BCUT2D eigenvalue weighted by molar-refractivity contribution is 0.177. The lowest BCUT2D eigenvalue weighted by Gasteiger charge is -2.17. The molecule has 16 heavy (non-hydrogen) atoms. The molecule has 1 unspecified atom stereocenters. The smallest absolute Gasteiger partial charge is 0.129 e. The maximum Gasteiger partial charge on any atom is 0.129 e. The van der Waals surface area contributed by atoms with Crippen molar-refractivity contribution < 1.29 is 5.11 Å². The quantitative estimate of drug-likeness (QED) is 0.767. The summed E-state index contributed by atoms with van der Waals surface area (Å²) in [5.74, 6) is 0.436. The number of hydrogen-bond acceptors (Lipinski definition) is 3. The van der Waals surface area contributed by atoms with E-state index in [4.69, 9.17) is 5.73 Å². The normalized spacial score (nSPS) is 17.9. The molecule has 1 aliphatic rings. The summed E-state index contributed by atoms with van der Waals surface area (Å²) in [6.07, 6.45) is 8.83. The van der Waals surface area contributed by atoms with Crippen molar-refractivity contribution in [2.45, 2.75) is 38.2 Å². The maximum absolute atomic E-state index is 10.1. The van der Waals surface area contributed by atoms with Crippen molar-refractivity contribution in [2.75, 3.05) is 5.73 Å². The summed E-state index contributed by atoms with van der Waals surface area (Å²) in [6.45, 7) is 0. The molecule has 1 aliphatic carbocycles. The lowest BCUT2D eigenvalue weighted by Crippen LogP contribution is -2.06. The molecule has 1 atom stereocenters. The first kappa shape index (κ1) is 11.1. The first-order chi connectivity index (χ1) is 7.77. The Hall–Kier alpha value is -1.35. The van der Waals surface area contributed by atoms with Gasteiger partial charge in [0.1, 0.15) is 5.82 Å². The van der Waals surface area contributed by atoms with E-state index in [-0.39, 0.29) is 0 Å². The fourth-order valence-corrected chi connectivity index (χ4v) is 2.16. The van der Waals surface area contributed by atoms with Gasteiger partial charge < -0.3 is 10.8 Å². The molecule has 0 amide bonds. The monoisotopic (exact) mass is 218 g/mol. The van der Waals surface area contributed by atoms with Gasteiger partial charge in [-0.05, 0) is 38.2 Å². The minimum absolute atomic E-state index is 0.436. The highest BCUT2D eigenvalue weighted by atomic mass is 16.3. The molecule has 86 valence electrons. The maximum atomic E-state index is 10.1. The summed E-state index contributed by atoms with van der Waals surface area (Å²) in [6, 6.07) is 3.65. The fourth-order valence-electron chi connectivity index (χ4n) is 2.16. The minimum Gasteiger partial charge on any atom is -0.388 e. The summed E-state index contributed by atoms with van der Waals surface area (Å²) >= 11 is 0. The van der Waals surface area contributed by atoms with E-state index in [9.17, 15) is 5.11 Å². The highest BCUT2D eigenvalue weighted by Gasteiger charge is 2.14. The third-order valence-electron chi connectivity index (χ3n) is 3.07. The molecule has 0 saturated heterocycles. The number of allylic oxidation sites excluding steroid dienone is 1. The lowest BCUT2D eigenvalue weighted by atomic mass is 9.93. The fraction of sp³-hybridized carbons (Fsp3) is 0.462. The van der Waals surface area contributed by atoms with Gasteiger partial charge in [0.05, 0.1) is 6.10 Å². The van der Waals surface area contributed by atoms with E-state index in [1.54, 1.807) is 6.20 Å². The number of pyridine rings is 1. The number of aliphatic hydroxyl groups is 1. The molecule has 1 aromatic rings. The van der Waals surface area contributed by atoms with Crippen molar-refractivity contribution in [3.63, 3.8) is 0 Å².